The van der Waals surface area contributed by atoms with Gasteiger partial charge in [0.05, 0.1) is 38.8 Å². The van der Waals surface area contributed by atoms with Crippen LogP contribution in [0.15, 0.2) is 256 Å². The van der Waals surface area contributed by atoms with Gasteiger partial charge in [-0.3, -0.25) is 0 Å². The van der Waals surface area contributed by atoms with Gasteiger partial charge in [0.2, 0.25) is 0 Å². The second-order valence-corrected chi connectivity index (χ2v) is 19.9. The van der Waals surface area contributed by atoms with Gasteiger partial charge in [-0.1, -0.05) is 146 Å². The van der Waals surface area contributed by atoms with Gasteiger partial charge in [-0.25, -0.2) is 0 Å². The van der Waals surface area contributed by atoms with Gasteiger partial charge < -0.3 is 13.7 Å². The molecule has 14 rings (SSSR count). The molecule has 4 heterocycles. The minimum Gasteiger partial charge on any atom is -0.309 e. The monoisotopic (exact) mass is 833 g/mol. The highest BCUT2D eigenvalue weighted by molar-refractivity contribution is 8.34. The van der Waals surface area contributed by atoms with Gasteiger partial charge in [0.15, 0.2) is 0 Å². The van der Waals surface area contributed by atoms with Crippen LogP contribution in [0.25, 0.3) is 93.6 Å². The summed E-state index contributed by atoms with van der Waals surface area (Å²) in [5, 5.41) is 7.52. The molecule has 1 aliphatic heterocycles. The van der Waals surface area contributed by atoms with Crippen molar-refractivity contribution in [1.82, 2.24) is 13.7 Å². The topological polar surface area (TPSA) is 14.8 Å². The Hall–Kier alpha value is -8.05. The Morgan fingerprint density at radius 3 is 1.38 bits per heavy atom. The summed E-state index contributed by atoms with van der Waals surface area (Å²) >= 11 is 0. The van der Waals surface area contributed by atoms with E-state index in [0.717, 1.165) is 11.4 Å². The Morgan fingerprint density at radius 1 is 0.266 bits per heavy atom. The lowest BCUT2D eigenvalue weighted by Gasteiger charge is -2.46. The first-order valence-corrected chi connectivity index (χ1v) is 23.6. The maximum atomic E-state index is 2.55. The maximum absolute atomic E-state index is 2.55. The molecule has 0 amide bonds. The third kappa shape index (κ3) is 4.78. The highest BCUT2D eigenvalue weighted by atomic mass is 32.3. The Kier molecular flexibility index (Phi) is 7.48. The maximum Gasteiger partial charge on any atom is 0.0673 e. The number of hydrogen-bond donors (Lipinski definition) is 0. The van der Waals surface area contributed by atoms with Crippen LogP contribution in [0.1, 0.15) is 0 Å². The van der Waals surface area contributed by atoms with Crippen LogP contribution in [-0.4, -0.2) is 13.7 Å². The van der Waals surface area contributed by atoms with E-state index in [2.05, 4.69) is 250 Å². The first-order valence-electron chi connectivity index (χ1n) is 22.0. The number of nitrogens with zero attached hydrogens (tertiary/aromatic N) is 3. The summed E-state index contributed by atoms with van der Waals surface area (Å²) in [4.78, 5) is 5.34. The van der Waals surface area contributed by atoms with Crippen molar-refractivity contribution in [2.24, 2.45) is 0 Å². The second-order valence-electron chi connectivity index (χ2n) is 16.9. The summed E-state index contributed by atoms with van der Waals surface area (Å²) in [6, 6.07) is 88.3. The number of aromatic nitrogens is 3. The van der Waals surface area contributed by atoms with E-state index in [0.29, 0.717) is 0 Å². The van der Waals surface area contributed by atoms with Gasteiger partial charge in [0.1, 0.15) is 0 Å². The van der Waals surface area contributed by atoms with E-state index in [9.17, 15) is 0 Å². The summed E-state index contributed by atoms with van der Waals surface area (Å²) in [5.41, 5.74) is 13.3. The van der Waals surface area contributed by atoms with Gasteiger partial charge in [-0.2, -0.15) is 0 Å². The van der Waals surface area contributed by atoms with Crippen molar-refractivity contribution >= 4 is 75.4 Å². The normalized spacial score (nSPS) is 15.6. The Bertz CT molecular complexity index is 3950. The van der Waals surface area contributed by atoms with Crippen LogP contribution in [-0.2, 0) is 0 Å². The van der Waals surface area contributed by atoms with Crippen molar-refractivity contribution in [3.8, 4) is 28.2 Å². The van der Waals surface area contributed by atoms with Gasteiger partial charge in [-0.15, -0.1) is 10.0 Å². The fourth-order valence-electron chi connectivity index (χ4n) is 11.0. The number of benzene rings is 10. The SMILES string of the molecule is c1ccc(-c2ccc(S3(c4ccccc4)c4ccccc4-n4c5ccccc5c5cc(-n6c7ccccc7c7cc(-n8c9ccccc9c9ccccc98)ccc76)cc3c54)cc2)cc1. The number of para-hydroxylation sites is 5. The van der Waals surface area contributed by atoms with Crippen molar-refractivity contribution in [2.75, 3.05) is 0 Å². The van der Waals surface area contributed by atoms with Crippen molar-refractivity contribution in [1.29, 1.82) is 0 Å². The summed E-state index contributed by atoms with van der Waals surface area (Å²) in [6.45, 7) is 0. The quantitative estimate of drug-likeness (QED) is 0.164. The zero-order chi connectivity index (χ0) is 41.9. The lowest BCUT2D eigenvalue weighted by Crippen LogP contribution is -2.15. The molecule has 0 fully saturated rings. The highest BCUT2D eigenvalue weighted by Crippen LogP contribution is 2.77. The van der Waals surface area contributed by atoms with E-state index in [1.807, 2.05) is 0 Å². The first kappa shape index (κ1) is 35.5. The van der Waals surface area contributed by atoms with Gasteiger partial charge in [0, 0.05) is 63.3 Å². The Morgan fingerprint density at radius 2 is 0.719 bits per heavy atom. The number of hydrogen-bond acceptors (Lipinski definition) is 0. The molecule has 0 saturated heterocycles. The lowest BCUT2D eigenvalue weighted by atomic mass is 10.1. The van der Waals surface area contributed by atoms with Crippen LogP contribution in [0.2, 0.25) is 0 Å². The van der Waals surface area contributed by atoms with Crippen LogP contribution in [0.3, 0.4) is 0 Å². The third-order valence-electron chi connectivity index (χ3n) is 13.6. The molecule has 0 saturated carbocycles. The zero-order valence-electron chi connectivity index (χ0n) is 34.8. The van der Waals surface area contributed by atoms with E-state index in [1.54, 1.807) is 0 Å². The molecule has 0 spiro atoms. The summed E-state index contributed by atoms with van der Waals surface area (Å²) in [7, 11) is -2.06. The minimum atomic E-state index is -2.06. The predicted octanol–water partition coefficient (Wildman–Crippen LogP) is 16.3. The van der Waals surface area contributed by atoms with E-state index < -0.39 is 10.0 Å². The summed E-state index contributed by atoms with van der Waals surface area (Å²) in [5.74, 6) is 0. The Labute approximate surface area is 371 Å². The Balaban J connectivity index is 1.10. The summed E-state index contributed by atoms with van der Waals surface area (Å²) < 4.78 is 7.51. The van der Waals surface area contributed by atoms with E-state index in [4.69, 9.17) is 0 Å². The largest absolute Gasteiger partial charge is 0.309 e. The average Bonchev–Trinajstić information content (AvgIpc) is 4.01. The molecule has 1 unspecified atom stereocenters. The minimum absolute atomic E-state index is 1.16. The molecule has 3 nitrogen and oxygen atoms in total. The molecular weight excluding hydrogens is 795 g/mol. The number of rotatable bonds is 5. The molecule has 13 aromatic rings. The standard InChI is InChI=1S/C60H39N3S/c1-3-17-40(18-4-1)41-31-34-45(35-32-41)64(44-19-5-2-6-20-44)58-30-16-15-29-57(58)63-55-28-14-10-24-49(55)51-38-43(39-59(64)60(51)63)62-54-27-13-9-23-48(54)50-37-42(33-36-56(50)62)61-52-25-11-7-21-46(52)47-22-8-12-26-53(47)61/h1-39H. The van der Waals surface area contributed by atoms with E-state index in [-0.39, 0.29) is 0 Å². The number of fused-ring (bicyclic) bond motifs is 11. The van der Waals surface area contributed by atoms with Gasteiger partial charge >= 0.3 is 0 Å². The molecule has 0 aliphatic carbocycles. The van der Waals surface area contributed by atoms with Crippen molar-refractivity contribution in [3.05, 3.63) is 237 Å². The van der Waals surface area contributed by atoms with Crippen molar-refractivity contribution < 1.29 is 0 Å². The zero-order valence-corrected chi connectivity index (χ0v) is 35.6. The second kappa shape index (κ2) is 13.5. The molecular formula is C60H39N3S. The fourth-order valence-corrected chi connectivity index (χ4v) is 15.2. The first-order chi connectivity index (χ1) is 31.8. The van der Waals surface area contributed by atoms with Gasteiger partial charge in [0.25, 0.3) is 0 Å². The molecule has 3 aromatic heterocycles. The lowest BCUT2D eigenvalue weighted by molar-refractivity contribution is 1.06. The van der Waals surface area contributed by atoms with E-state index in [1.165, 1.54) is 102 Å². The molecule has 0 N–H and O–H groups in total. The highest BCUT2D eigenvalue weighted by Gasteiger charge is 2.42. The average molecular weight is 834 g/mol. The van der Waals surface area contributed by atoms with Crippen LogP contribution in [0.4, 0.5) is 0 Å². The molecule has 1 atom stereocenters. The van der Waals surface area contributed by atoms with Crippen molar-refractivity contribution in [3.63, 3.8) is 0 Å². The molecule has 0 radical (unpaired) electrons. The fraction of sp³-hybridized carbons (Fsp3) is 0. The third-order valence-corrected chi connectivity index (χ3v) is 17.6. The summed E-state index contributed by atoms with van der Waals surface area (Å²) in [6.07, 6.45) is 0. The molecule has 4 heteroatoms. The van der Waals surface area contributed by atoms with Crippen LogP contribution in [0, 0.1) is 0 Å². The van der Waals surface area contributed by atoms with Crippen LogP contribution >= 0.6 is 10.0 Å². The molecule has 64 heavy (non-hydrogen) atoms. The van der Waals surface area contributed by atoms with Crippen LogP contribution in [0.5, 0.6) is 0 Å². The molecule has 0 bridgehead atoms. The molecule has 10 aromatic carbocycles. The van der Waals surface area contributed by atoms with Crippen LogP contribution < -0.4 is 0 Å². The van der Waals surface area contributed by atoms with Gasteiger partial charge in [-0.05, 0) is 102 Å². The molecule has 1 aliphatic rings. The van der Waals surface area contributed by atoms with Crippen molar-refractivity contribution in [2.45, 2.75) is 19.6 Å². The smallest absolute Gasteiger partial charge is 0.0673 e. The van der Waals surface area contributed by atoms with E-state index >= 15 is 0 Å². The predicted molar refractivity (Wildman–Crippen MR) is 268 cm³/mol. The molecule has 300 valence electrons.